The second-order valence-electron chi connectivity index (χ2n) is 4.31. The summed E-state index contributed by atoms with van der Waals surface area (Å²) in [6.45, 7) is 2.94. The third-order valence-corrected chi connectivity index (χ3v) is 2.59. The smallest absolute Gasteiger partial charge is 0.218 e. The molecule has 106 valence electrons. The third-order valence-electron chi connectivity index (χ3n) is 2.59. The Morgan fingerprint density at radius 3 is 2.55 bits per heavy atom. The lowest BCUT2D eigenvalue weighted by Crippen LogP contribution is -2.11. The number of para-hydroxylation sites is 1. The molecule has 0 aliphatic carbocycles. The molecule has 1 aromatic heterocycles. The van der Waals surface area contributed by atoms with Crippen molar-refractivity contribution in [3.05, 3.63) is 42.2 Å². The van der Waals surface area contributed by atoms with Crippen LogP contribution in [0.1, 0.15) is 19.2 Å². The maximum absolute atomic E-state index is 5.72. The van der Waals surface area contributed by atoms with Gasteiger partial charge in [-0.15, -0.1) is 0 Å². The summed E-state index contributed by atoms with van der Waals surface area (Å²) < 4.78 is 11.1. The third kappa shape index (κ3) is 4.42. The molecular weight excluding hydrogens is 254 g/mol. The SMILES string of the molecule is CCCc1nc(N)cc(OCCOc2ccccc2)n1. The van der Waals surface area contributed by atoms with E-state index in [0.29, 0.717) is 30.7 Å². The minimum Gasteiger partial charge on any atom is -0.490 e. The Kier molecular flexibility index (Phi) is 5.17. The lowest BCUT2D eigenvalue weighted by Gasteiger charge is -2.09. The van der Waals surface area contributed by atoms with Gasteiger partial charge in [-0.25, -0.2) is 4.98 Å². The molecule has 20 heavy (non-hydrogen) atoms. The summed E-state index contributed by atoms with van der Waals surface area (Å²) in [6, 6.07) is 11.2. The van der Waals surface area contributed by atoms with E-state index in [2.05, 4.69) is 16.9 Å². The van der Waals surface area contributed by atoms with Crippen molar-refractivity contribution in [1.29, 1.82) is 0 Å². The maximum Gasteiger partial charge on any atom is 0.218 e. The van der Waals surface area contributed by atoms with E-state index in [-0.39, 0.29) is 0 Å². The molecule has 0 aliphatic rings. The normalized spacial score (nSPS) is 10.2. The zero-order valence-corrected chi connectivity index (χ0v) is 11.6. The van der Waals surface area contributed by atoms with Gasteiger partial charge in [-0.05, 0) is 18.6 Å². The van der Waals surface area contributed by atoms with E-state index in [1.165, 1.54) is 0 Å². The van der Waals surface area contributed by atoms with Gasteiger partial charge >= 0.3 is 0 Å². The van der Waals surface area contributed by atoms with Crippen LogP contribution in [0.2, 0.25) is 0 Å². The van der Waals surface area contributed by atoms with E-state index in [9.17, 15) is 0 Å². The van der Waals surface area contributed by atoms with E-state index in [4.69, 9.17) is 15.2 Å². The van der Waals surface area contributed by atoms with Gasteiger partial charge in [-0.3, -0.25) is 0 Å². The fourth-order valence-corrected chi connectivity index (χ4v) is 1.72. The number of benzene rings is 1. The van der Waals surface area contributed by atoms with Crippen LogP contribution in [0.15, 0.2) is 36.4 Å². The average Bonchev–Trinajstić information content (AvgIpc) is 2.45. The standard InChI is InChI=1S/C15H19N3O2/c1-2-6-14-17-13(16)11-15(18-14)20-10-9-19-12-7-4-3-5-8-12/h3-5,7-8,11H,2,6,9-10H2,1H3,(H2,16,17,18). The van der Waals surface area contributed by atoms with Crippen LogP contribution in [0.5, 0.6) is 11.6 Å². The van der Waals surface area contributed by atoms with E-state index in [1.807, 2.05) is 30.3 Å². The highest BCUT2D eigenvalue weighted by atomic mass is 16.5. The van der Waals surface area contributed by atoms with Crippen LogP contribution < -0.4 is 15.2 Å². The van der Waals surface area contributed by atoms with Gasteiger partial charge in [0, 0.05) is 12.5 Å². The van der Waals surface area contributed by atoms with Gasteiger partial charge in [0.1, 0.15) is 30.6 Å². The number of hydrogen-bond acceptors (Lipinski definition) is 5. The number of nitrogens with zero attached hydrogens (tertiary/aromatic N) is 2. The van der Waals surface area contributed by atoms with Crippen molar-refractivity contribution in [2.24, 2.45) is 0 Å². The van der Waals surface area contributed by atoms with Crippen LogP contribution in [0.4, 0.5) is 5.82 Å². The first-order valence-electron chi connectivity index (χ1n) is 6.72. The topological polar surface area (TPSA) is 70.3 Å². The zero-order chi connectivity index (χ0) is 14.2. The Balaban J connectivity index is 1.81. The predicted octanol–water partition coefficient (Wildman–Crippen LogP) is 2.47. The van der Waals surface area contributed by atoms with Gasteiger partial charge < -0.3 is 15.2 Å². The molecule has 0 bridgehead atoms. The summed E-state index contributed by atoms with van der Waals surface area (Å²) in [5.41, 5.74) is 5.72. The Bertz CT molecular complexity index is 532. The number of nitrogen functional groups attached to an aromatic ring is 1. The summed E-state index contributed by atoms with van der Waals surface area (Å²) in [6.07, 6.45) is 1.77. The average molecular weight is 273 g/mol. The Morgan fingerprint density at radius 1 is 1.05 bits per heavy atom. The van der Waals surface area contributed by atoms with Crippen LogP contribution in [0.3, 0.4) is 0 Å². The van der Waals surface area contributed by atoms with Crippen LogP contribution in [-0.2, 0) is 6.42 Å². The molecule has 5 heteroatoms. The molecule has 0 spiro atoms. The first-order chi connectivity index (χ1) is 9.78. The van der Waals surface area contributed by atoms with Gasteiger partial charge in [0.05, 0.1) is 0 Å². The highest BCUT2D eigenvalue weighted by molar-refractivity contribution is 5.32. The Morgan fingerprint density at radius 2 is 1.80 bits per heavy atom. The lowest BCUT2D eigenvalue weighted by atomic mass is 10.3. The molecule has 5 nitrogen and oxygen atoms in total. The number of nitrogens with two attached hydrogens (primary N) is 1. The summed E-state index contributed by atoms with van der Waals surface area (Å²) in [5.74, 6) is 2.47. The molecule has 0 saturated heterocycles. The van der Waals surface area contributed by atoms with E-state index >= 15 is 0 Å². The fraction of sp³-hybridized carbons (Fsp3) is 0.333. The second-order valence-corrected chi connectivity index (χ2v) is 4.31. The monoisotopic (exact) mass is 273 g/mol. The summed E-state index contributed by atoms with van der Waals surface area (Å²) in [5, 5.41) is 0. The van der Waals surface area contributed by atoms with Gasteiger partial charge in [0.25, 0.3) is 0 Å². The lowest BCUT2D eigenvalue weighted by molar-refractivity contribution is 0.211. The van der Waals surface area contributed by atoms with Gasteiger partial charge in [-0.1, -0.05) is 25.1 Å². The Hall–Kier alpha value is -2.30. The van der Waals surface area contributed by atoms with E-state index < -0.39 is 0 Å². The summed E-state index contributed by atoms with van der Waals surface area (Å²) in [7, 11) is 0. The highest BCUT2D eigenvalue weighted by Gasteiger charge is 2.03. The molecule has 0 radical (unpaired) electrons. The van der Waals surface area contributed by atoms with Crippen molar-refractivity contribution < 1.29 is 9.47 Å². The summed E-state index contributed by atoms with van der Waals surface area (Å²) >= 11 is 0. The molecule has 0 saturated carbocycles. The minimum atomic E-state index is 0.414. The zero-order valence-electron chi connectivity index (χ0n) is 11.6. The van der Waals surface area contributed by atoms with E-state index in [0.717, 1.165) is 18.6 Å². The molecule has 1 aromatic carbocycles. The van der Waals surface area contributed by atoms with Crippen LogP contribution in [0.25, 0.3) is 0 Å². The summed E-state index contributed by atoms with van der Waals surface area (Å²) in [4.78, 5) is 8.45. The Labute approximate surface area is 118 Å². The fourth-order valence-electron chi connectivity index (χ4n) is 1.72. The number of anilines is 1. The van der Waals surface area contributed by atoms with Crippen molar-refractivity contribution >= 4 is 5.82 Å². The molecule has 0 atom stereocenters. The molecule has 2 aromatic rings. The number of rotatable bonds is 7. The van der Waals surface area contributed by atoms with Gasteiger partial charge in [-0.2, -0.15) is 4.98 Å². The minimum absolute atomic E-state index is 0.414. The molecule has 0 amide bonds. The number of ether oxygens (including phenoxy) is 2. The predicted molar refractivity (Wildman–Crippen MR) is 77.9 cm³/mol. The molecule has 2 rings (SSSR count). The van der Waals surface area contributed by atoms with E-state index in [1.54, 1.807) is 6.07 Å². The van der Waals surface area contributed by atoms with Crippen molar-refractivity contribution in [2.45, 2.75) is 19.8 Å². The van der Waals surface area contributed by atoms with Crippen molar-refractivity contribution in [2.75, 3.05) is 18.9 Å². The van der Waals surface area contributed by atoms with Crippen molar-refractivity contribution in [1.82, 2.24) is 9.97 Å². The largest absolute Gasteiger partial charge is 0.490 e. The van der Waals surface area contributed by atoms with Crippen LogP contribution in [0, 0.1) is 0 Å². The van der Waals surface area contributed by atoms with Gasteiger partial charge in [0.2, 0.25) is 5.88 Å². The molecule has 0 fully saturated rings. The van der Waals surface area contributed by atoms with Crippen molar-refractivity contribution in [3.63, 3.8) is 0 Å². The number of aryl methyl sites for hydroxylation is 1. The highest BCUT2D eigenvalue weighted by Crippen LogP contribution is 2.12. The first-order valence-corrected chi connectivity index (χ1v) is 6.72. The number of aromatic nitrogens is 2. The molecule has 0 unspecified atom stereocenters. The first kappa shape index (κ1) is 14.1. The number of hydrogen-bond donors (Lipinski definition) is 1. The molecule has 2 N–H and O–H groups in total. The quantitative estimate of drug-likeness (QED) is 0.785. The van der Waals surface area contributed by atoms with Crippen LogP contribution in [-0.4, -0.2) is 23.2 Å². The van der Waals surface area contributed by atoms with Crippen molar-refractivity contribution in [3.8, 4) is 11.6 Å². The maximum atomic E-state index is 5.72. The second kappa shape index (κ2) is 7.33. The molecule has 0 aliphatic heterocycles. The van der Waals surface area contributed by atoms with Crippen LogP contribution >= 0.6 is 0 Å². The molecule has 1 heterocycles. The molecular formula is C15H19N3O2. The van der Waals surface area contributed by atoms with Gasteiger partial charge in [0.15, 0.2) is 0 Å².